The lowest BCUT2D eigenvalue weighted by molar-refractivity contribution is 1.53. The maximum atomic E-state index is 6.10. The topological polar surface area (TPSA) is 41.8 Å². The average molecular weight is 258 g/mol. The SMILES string of the molecule is Nc1cc(-c2ccccc2)c2[nH]c3ccccc3c2c1. The summed E-state index contributed by atoms with van der Waals surface area (Å²) >= 11 is 0. The van der Waals surface area contributed by atoms with Crippen LogP contribution >= 0.6 is 0 Å². The van der Waals surface area contributed by atoms with Crippen molar-refractivity contribution in [3.05, 3.63) is 66.7 Å². The van der Waals surface area contributed by atoms with Crippen LogP contribution in [0.5, 0.6) is 0 Å². The molecule has 0 atom stereocenters. The second-order valence-electron chi connectivity index (χ2n) is 5.03. The first kappa shape index (κ1) is 11.1. The van der Waals surface area contributed by atoms with Gasteiger partial charge in [0.25, 0.3) is 0 Å². The zero-order valence-electron chi connectivity index (χ0n) is 10.9. The molecular formula is C18H14N2. The van der Waals surface area contributed by atoms with Crippen molar-refractivity contribution in [2.24, 2.45) is 0 Å². The maximum absolute atomic E-state index is 6.10. The second kappa shape index (κ2) is 4.14. The van der Waals surface area contributed by atoms with Gasteiger partial charge in [-0.3, -0.25) is 0 Å². The molecule has 4 rings (SSSR count). The van der Waals surface area contributed by atoms with Crippen LogP contribution in [0.4, 0.5) is 5.69 Å². The van der Waals surface area contributed by atoms with E-state index >= 15 is 0 Å². The van der Waals surface area contributed by atoms with E-state index in [1.807, 2.05) is 36.4 Å². The number of aromatic nitrogens is 1. The maximum Gasteiger partial charge on any atom is 0.0546 e. The molecule has 0 bridgehead atoms. The monoisotopic (exact) mass is 258 g/mol. The molecule has 0 saturated heterocycles. The molecule has 0 amide bonds. The number of benzene rings is 3. The Kier molecular flexibility index (Phi) is 2.30. The van der Waals surface area contributed by atoms with Crippen molar-refractivity contribution in [3.63, 3.8) is 0 Å². The molecule has 0 aliphatic heterocycles. The Labute approximate surface area is 116 Å². The van der Waals surface area contributed by atoms with E-state index < -0.39 is 0 Å². The van der Waals surface area contributed by atoms with Crippen LogP contribution in [0.3, 0.4) is 0 Å². The van der Waals surface area contributed by atoms with Crippen molar-refractivity contribution in [2.45, 2.75) is 0 Å². The molecule has 2 nitrogen and oxygen atoms in total. The minimum Gasteiger partial charge on any atom is -0.399 e. The number of nitrogens with two attached hydrogens (primary N) is 1. The lowest BCUT2D eigenvalue weighted by Crippen LogP contribution is -1.87. The zero-order chi connectivity index (χ0) is 13.5. The summed E-state index contributed by atoms with van der Waals surface area (Å²) < 4.78 is 0. The van der Waals surface area contributed by atoms with Crippen LogP contribution in [0, 0.1) is 0 Å². The van der Waals surface area contributed by atoms with Gasteiger partial charge in [0, 0.05) is 27.5 Å². The number of aromatic amines is 1. The van der Waals surface area contributed by atoms with Crippen molar-refractivity contribution < 1.29 is 0 Å². The van der Waals surface area contributed by atoms with E-state index in [2.05, 4.69) is 35.3 Å². The fourth-order valence-electron chi connectivity index (χ4n) is 2.82. The Bertz CT molecular complexity index is 905. The van der Waals surface area contributed by atoms with E-state index in [0.29, 0.717) is 0 Å². The fourth-order valence-corrected chi connectivity index (χ4v) is 2.82. The lowest BCUT2D eigenvalue weighted by atomic mass is 10.0. The Morgan fingerprint density at radius 3 is 2.35 bits per heavy atom. The molecule has 2 heteroatoms. The Morgan fingerprint density at radius 1 is 0.750 bits per heavy atom. The summed E-state index contributed by atoms with van der Waals surface area (Å²) in [5.41, 5.74) is 11.5. The molecule has 0 spiro atoms. The third-order valence-electron chi connectivity index (χ3n) is 3.72. The molecule has 1 heterocycles. The third kappa shape index (κ3) is 1.58. The highest BCUT2D eigenvalue weighted by molar-refractivity contribution is 6.13. The van der Waals surface area contributed by atoms with E-state index in [1.165, 1.54) is 16.3 Å². The van der Waals surface area contributed by atoms with Gasteiger partial charge in [0.1, 0.15) is 0 Å². The van der Waals surface area contributed by atoms with E-state index in [9.17, 15) is 0 Å². The number of fused-ring (bicyclic) bond motifs is 3. The van der Waals surface area contributed by atoms with Gasteiger partial charge in [-0.1, -0.05) is 48.5 Å². The van der Waals surface area contributed by atoms with E-state index in [1.54, 1.807) is 0 Å². The van der Waals surface area contributed by atoms with Crippen LogP contribution in [0.2, 0.25) is 0 Å². The summed E-state index contributed by atoms with van der Waals surface area (Å²) in [6, 6.07) is 22.7. The van der Waals surface area contributed by atoms with Gasteiger partial charge in [0.05, 0.1) is 5.52 Å². The van der Waals surface area contributed by atoms with Crippen LogP contribution in [-0.2, 0) is 0 Å². The number of para-hydroxylation sites is 1. The van der Waals surface area contributed by atoms with Crippen LogP contribution in [0.1, 0.15) is 0 Å². The molecule has 4 aromatic rings. The molecule has 96 valence electrons. The molecule has 3 N–H and O–H groups in total. The van der Waals surface area contributed by atoms with E-state index in [0.717, 1.165) is 22.3 Å². The fraction of sp³-hybridized carbons (Fsp3) is 0. The summed E-state index contributed by atoms with van der Waals surface area (Å²) in [5, 5.41) is 2.39. The van der Waals surface area contributed by atoms with Crippen molar-refractivity contribution in [1.82, 2.24) is 4.98 Å². The predicted octanol–water partition coefficient (Wildman–Crippen LogP) is 4.57. The van der Waals surface area contributed by atoms with Crippen LogP contribution in [-0.4, -0.2) is 4.98 Å². The van der Waals surface area contributed by atoms with Gasteiger partial charge in [-0.2, -0.15) is 0 Å². The number of nitrogen functional groups attached to an aromatic ring is 1. The Hall–Kier alpha value is -2.74. The van der Waals surface area contributed by atoms with Crippen LogP contribution in [0.15, 0.2) is 66.7 Å². The number of nitrogens with one attached hydrogen (secondary N) is 1. The standard InChI is InChI=1S/C18H14N2/c19-13-10-15(12-6-2-1-3-7-12)18-16(11-13)14-8-4-5-9-17(14)20-18/h1-11,20H,19H2. The predicted molar refractivity (Wildman–Crippen MR) is 85.7 cm³/mol. The van der Waals surface area contributed by atoms with Gasteiger partial charge in [0.2, 0.25) is 0 Å². The van der Waals surface area contributed by atoms with Gasteiger partial charge in [0.15, 0.2) is 0 Å². The first-order valence-electron chi connectivity index (χ1n) is 6.68. The molecule has 0 radical (unpaired) electrons. The van der Waals surface area contributed by atoms with Crippen molar-refractivity contribution >= 4 is 27.5 Å². The van der Waals surface area contributed by atoms with Crippen LogP contribution in [0.25, 0.3) is 32.9 Å². The van der Waals surface area contributed by atoms with Crippen molar-refractivity contribution in [2.75, 3.05) is 5.73 Å². The quantitative estimate of drug-likeness (QED) is 0.482. The van der Waals surface area contributed by atoms with Crippen molar-refractivity contribution in [3.8, 4) is 11.1 Å². The smallest absolute Gasteiger partial charge is 0.0546 e. The molecule has 0 aliphatic rings. The van der Waals surface area contributed by atoms with Crippen LogP contribution < -0.4 is 5.73 Å². The number of H-pyrrole nitrogens is 1. The minimum atomic E-state index is 0.793. The molecule has 0 fully saturated rings. The minimum absolute atomic E-state index is 0.793. The Morgan fingerprint density at radius 2 is 1.50 bits per heavy atom. The highest BCUT2D eigenvalue weighted by Gasteiger charge is 2.10. The Balaban J connectivity index is 2.16. The molecule has 3 aromatic carbocycles. The first-order valence-corrected chi connectivity index (χ1v) is 6.68. The van der Waals surface area contributed by atoms with Gasteiger partial charge in [-0.05, 0) is 23.8 Å². The molecule has 20 heavy (non-hydrogen) atoms. The highest BCUT2D eigenvalue weighted by Crippen LogP contribution is 2.34. The zero-order valence-corrected chi connectivity index (χ0v) is 10.9. The molecule has 0 saturated carbocycles. The lowest BCUT2D eigenvalue weighted by Gasteiger charge is -2.05. The molecule has 0 unspecified atom stereocenters. The number of rotatable bonds is 1. The number of anilines is 1. The normalized spacial score (nSPS) is 11.2. The number of hydrogen-bond acceptors (Lipinski definition) is 1. The largest absolute Gasteiger partial charge is 0.399 e. The second-order valence-corrected chi connectivity index (χ2v) is 5.03. The summed E-state index contributed by atoms with van der Waals surface area (Å²) in [5.74, 6) is 0. The average Bonchev–Trinajstić information content (AvgIpc) is 2.86. The molecule has 0 aliphatic carbocycles. The summed E-state index contributed by atoms with van der Waals surface area (Å²) in [4.78, 5) is 3.52. The van der Waals surface area contributed by atoms with Gasteiger partial charge in [-0.15, -0.1) is 0 Å². The first-order chi connectivity index (χ1) is 9.83. The van der Waals surface area contributed by atoms with Gasteiger partial charge < -0.3 is 10.7 Å². The molecular weight excluding hydrogens is 244 g/mol. The third-order valence-corrected chi connectivity index (χ3v) is 3.72. The summed E-state index contributed by atoms with van der Waals surface area (Å²) in [6.07, 6.45) is 0. The summed E-state index contributed by atoms with van der Waals surface area (Å²) in [7, 11) is 0. The molecule has 1 aromatic heterocycles. The van der Waals surface area contributed by atoms with E-state index in [4.69, 9.17) is 5.73 Å². The van der Waals surface area contributed by atoms with Gasteiger partial charge in [-0.25, -0.2) is 0 Å². The van der Waals surface area contributed by atoms with E-state index in [-0.39, 0.29) is 0 Å². The van der Waals surface area contributed by atoms with Gasteiger partial charge >= 0.3 is 0 Å². The number of hydrogen-bond donors (Lipinski definition) is 2. The summed E-state index contributed by atoms with van der Waals surface area (Å²) in [6.45, 7) is 0. The highest BCUT2D eigenvalue weighted by atomic mass is 14.7. The van der Waals surface area contributed by atoms with Crippen molar-refractivity contribution in [1.29, 1.82) is 0 Å².